The predicted molar refractivity (Wildman–Crippen MR) is 75.5 cm³/mol. The molecule has 5 nitrogen and oxygen atoms in total. The van der Waals surface area contributed by atoms with Crippen LogP contribution < -0.4 is 4.72 Å². The second kappa shape index (κ2) is 6.02. The minimum Gasteiger partial charge on any atom is -0.480 e. The van der Waals surface area contributed by atoms with Gasteiger partial charge in [-0.05, 0) is 30.5 Å². The highest BCUT2D eigenvalue weighted by Gasteiger charge is 2.29. The number of hydrogen-bond donors (Lipinski definition) is 2. The zero-order chi connectivity index (χ0) is 14.8. The summed E-state index contributed by atoms with van der Waals surface area (Å²) in [4.78, 5) is 11.1. The van der Waals surface area contributed by atoms with Gasteiger partial charge in [-0.15, -0.1) is 0 Å². The molecule has 0 radical (unpaired) electrons. The van der Waals surface area contributed by atoms with E-state index in [1.54, 1.807) is 32.9 Å². The molecular weight excluding hydrogens is 334 g/mol. The van der Waals surface area contributed by atoms with Gasteiger partial charge in [-0.3, -0.25) is 4.79 Å². The molecule has 0 aliphatic heterocycles. The molecular formula is C12H16BrNO4S. The molecule has 0 saturated carbocycles. The van der Waals surface area contributed by atoms with Gasteiger partial charge in [-0.2, -0.15) is 4.72 Å². The highest BCUT2D eigenvalue weighted by Crippen LogP contribution is 2.23. The average molecular weight is 350 g/mol. The fraction of sp³-hybridized carbons (Fsp3) is 0.417. The summed E-state index contributed by atoms with van der Waals surface area (Å²) in [6.07, 6.45) is 0. The van der Waals surface area contributed by atoms with Gasteiger partial charge in [0.15, 0.2) is 0 Å². The molecule has 1 aromatic carbocycles. The Kier molecular flexibility index (Phi) is 5.11. The standard InChI is InChI=1S/C12H16BrNO4S/c1-7(2)11(12(15)16)14-19(17,18)10-6-4-5-9(13)8(10)3/h4-7,11,14H,1-3H3,(H,15,16). The first kappa shape index (κ1) is 16.1. The number of carboxylic acids is 1. The van der Waals surface area contributed by atoms with Crippen LogP contribution in [-0.2, 0) is 14.8 Å². The van der Waals surface area contributed by atoms with Gasteiger partial charge in [0, 0.05) is 4.47 Å². The number of halogens is 1. The largest absolute Gasteiger partial charge is 0.480 e. The van der Waals surface area contributed by atoms with E-state index in [4.69, 9.17) is 5.11 Å². The highest BCUT2D eigenvalue weighted by molar-refractivity contribution is 9.10. The summed E-state index contributed by atoms with van der Waals surface area (Å²) < 4.78 is 27.3. The van der Waals surface area contributed by atoms with Gasteiger partial charge in [-0.1, -0.05) is 35.8 Å². The maximum atomic E-state index is 12.2. The van der Waals surface area contributed by atoms with Gasteiger partial charge >= 0.3 is 5.97 Å². The average Bonchev–Trinajstić information content (AvgIpc) is 2.28. The first-order valence-electron chi connectivity index (χ1n) is 5.67. The molecule has 19 heavy (non-hydrogen) atoms. The van der Waals surface area contributed by atoms with Crippen molar-refractivity contribution < 1.29 is 18.3 Å². The predicted octanol–water partition coefficient (Wildman–Crippen LogP) is 2.15. The topological polar surface area (TPSA) is 83.5 Å². The number of sulfonamides is 1. The molecule has 2 N–H and O–H groups in total. The van der Waals surface area contributed by atoms with E-state index in [1.807, 2.05) is 0 Å². The first-order chi connectivity index (χ1) is 8.66. The van der Waals surface area contributed by atoms with E-state index < -0.39 is 22.0 Å². The van der Waals surface area contributed by atoms with E-state index >= 15 is 0 Å². The molecule has 0 aliphatic carbocycles. The van der Waals surface area contributed by atoms with Crippen LogP contribution in [0.5, 0.6) is 0 Å². The maximum absolute atomic E-state index is 12.2. The minimum atomic E-state index is -3.86. The van der Waals surface area contributed by atoms with Crippen molar-refractivity contribution in [2.24, 2.45) is 5.92 Å². The Morgan fingerprint density at radius 1 is 1.37 bits per heavy atom. The van der Waals surface area contributed by atoms with Gasteiger partial charge < -0.3 is 5.11 Å². The number of carbonyl (C=O) groups is 1. The molecule has 1 unspecified atom stereocenters. The summed E-state index contributed by atoms with van der Waals surface area (Å²) >= 11 is 3.25. The monoisotopic (exact) mass is 349 g/mol. The number of nitrogens with one attached hydrogen (secondary N) is 1. The third-order valence-corrected chi connectivity index (χ3v) is 5.17. The lowest BCUT2D eigenvalue weighted by Gasteiger charge is -2.19. The number of rotatable bonds is 5. The molecule has 0 fully saturated rings. The van der Waals surface area contributed by atoms with Crippen LogP contribution in [0, 0.1) is 12.8 Å². The third kappa shape index (κ3) is 3.77. The molecule has 0 bridgehead atoms. The summed E-state index contributed by atoms with van der Waals surface area (Å²) in [5.74, 6) is -1.54. The van der Waals surface area contributed by atoms with Crippen LogP contribution in [0.25, 0.3) is 0 Å². The van der Waals surface area contributed by atoms with Gasteiger partial charge in [0.05, 0.1) is 4.90 Å². The molecule has 0 spiro atoms. The fourth-order valence-corrected chi connectivity index (χ4v) is 3.68. The molecule has 0 aromatic heterocycles. The molecule has 0 amide bonds. The van der Waals surface area contributed by atoms with Crippen LogP contribution in [0.3, 0.4) is 0 Å². The van der Waals surface area contributed by atoms with Gasteiger partial charge in [-0.25, -0.2) is 8.42 Å². The van der Waals surface area contributed by atoms with Crippen molar-refractivity contribution in [2.75, 3.05) is 0 Å². The van der Waals surface area contributed by atoms with Crippen molar-refractivity contribution in [3.63, 3.8) is 0 Å². The fourth-order valence-electron chi connectivity index (χ4n) is 1.58. The normalized spacial score (nSPS) is 13.5. The molecule has 0 aliphatic rings. The van der Waals surface area contributed by atoms with Crippen molar-refractivity contribution in [2.45, 2.75) is 31.7 Å². The Balaban J connectivity index is 3.18. The summed E-state index contributed by atoms with van der Waals surface area (Å²) in [6, 6.07) is 3.62. The third-order valence-electron chi connectivity index (χ3n) is 2.72. The summed E-state index contributed by atoms with van der Waals surface area (Å²) in [5, 5.41) is 9.04. The summed E-state index contributed by atoms with van der Waals surface area (Å²) in [5.41, 5.74) is 0.544. The molecule has 0 heterocycles. The van der Waals surface area contributed by atoms with E-state index in [0.29, 0.717) is 10.0 Å². The highest BCUT2D eigenvalue weighted by atomic mass is 79.9. The lowest BCUT2D eigenvalue weighted by atomic mass is 10.1. The minimum absolute atomic E-state index is 0.0776. The maximum Gasteiger partial charge on any atom is 0.322 e. The molecule has 7 heteroatoms. The molecule has 0 saturated heterocycles. The first-order valence-corrected chi connectivity index (χ1v) is 7.94. The zero-order valence-electron chi connectivity index (χ0n) is 10.8. The van der Waals surface area contributed by atoms with E-state index in [1.165, 1.54) is 6.07 Å². The van der Waals surface area contributed by atoms with E-state index in [-0.39, 0.29) is 10.8 Å². The van der Waals surface area contributed by atoms with Crippen molar-refractivity contribution in [1.29, 1.82) is 0 Å². The number of carboxylic acid groups (broad SMARTS) is 1. The van der Waals surface area contributed by atoms with Crippen LogP contribution in [0.2, 0.25) is 0 Å². The van der Waals surface area contributed by atoms with Crippen LogP contribution in [0.1, 0.15) is 19.4 Å². The second-order valence-corrected chi connectivity index (χ2v) is 7.08. The SMILES string of the molecule is Cc1c(Br)cccc1S(=O)(=O)NC(C(=O)O)C(C)C. The van der Waals surface area contributed by atoms with E-state index in [9.17, 15) is 13.2 Å². The Morgan fingerprint density at radius 2 is 1.95 bits per heavy atom. The van der Waals surface area contributed by atoms with Gasteiger partial charge in [0.1, 0.15) is 6.04 Å². The molecule has 1 rings (SSSR count). The van der Waals surface area contributed by atoms with Crippen LogP contribution in [0.15, 0.2) is 27.6 Å². The Labute approximate surface area is 121 Å². The van der Waals surface area contributed by atoms with Gasteiger partial charge in [0.2, 0.25) is 10.0 Å². The molecule has 1 aromatic rings. The van der Waals surface area contributed by atoms with E-state index in [0.717, 1.165) is 0 Å². The van der Waals surface area contributed by atoms with Crippen LogP contribution >= 0.6 is 15.9 Å². The lowest BCUT2D eigenvalue weighted by Crippen LogP contribution is -2.44. The van der Waals surface area contributed by atoms with Crippen molar-refractivity contribution in [1.82, 2.24) is 4.72 Å². The lowest BCUT2D eigenvalue weighted by molar-refractivity contribution is -0.140. The van der Waals surface area contributed by atoms with Crippen molar-refractivity contribution >= 4 is 31.9 Å². The smallest absolute Gasteiger partial charge is 0.322 e. The second-order valence-electron chi connectivity index (χ2n) is 4.54. The molecule has 1 atom stereocenters. The van der Waals surface area contributed by atoms with Crippen LogP contribution in [-0.4, -0.2) is 25.5 Å². The quantitative estimate of drug-likeness (QED) is 0.852. The van der Waals surface area contributed by atoms with Crippen molar-refractivity contribution in [3.8, 4) is 0 Å². The van der Waals surface area contributed by atoms with Gasteiger partial charge in [0.25, 0.3) is 0 Å². The molecule has 106 valence electrons. The summed E-state index contributed by atoms with van der Waals surface area (Å²) in [7, 11) is -3.86. The zero-order valence-corrected chi connectivity index (χ0v) is 13.2. The van der Waals surface area contributed by atoms with E-state index in [2.05, 4.69) is 20.7 Å². The Hall–Kier alpha value is -0.920. The number of aliphatic carboxylic acids is 1. The Bertz CT molecular complexity index is 583. The van der Waals surface area contributed by atoms with Crippen LogP contribution in [0.4, 0.5) is 0 Å². The number of hydrogen-bond acceptors (Lipinski definition) is 3. The van der Waals surface area contributed by atoms with Crippen molar-refractivity contribution in [3.05, 3.63) is 28.2 Å². The summed E-state index contributed by atoms with van der Waals surface area (Å²) in [6.45, 7) is 4.95. The number of benzene rings is 1. The Morgan fingerprint density at radius 3 is 2.42 bits per heavy atom.